The van der Waals surface area contributed by atoms with E-state index in [2.05, 4.69) is 5.32 Å². The largest absolute Gasteiger partial charge is 0.481 e. The molecule has 0 radical (unpaired) electrons. The van der Waals surface area contributed by atoms with E-state index < -0.39 is 17.8 Å². The summed E-state index contributed by atoms with van der Waals surface area (Å²) in [6.45, 7) is 4.88. The Hall–Kier alpha value is -2.37. The van der Waals surface area contributed by atoms with Crippen molar-refractivity contribution < 1.29 is 19.5 Å². The van der Waals surface area contributed by atoms with Gasteiger partial charge in [-0.2, -0.15) is 0 Å². The van der Waals surface area contributed by atoms with Gasteiger partial charge >= 0.3 is 5.97 Å². The average Bonchev–Trinajstić information content (AvgIpc) is 2.92. The molecule has 1 fully saturated rings. The van der Waals surface area contributed by atoms with E-state index >= 15 is 0 Å². The van der Waals surface area contributed by atoms with E-state index in [1.54, 1.807) is 4.90 Å². The van der Waals surface area contributed by atoms with Gasteiger partial charge in [-0.3, -0.25) is 14.4 Å². The van der Waals surface area contributed by atoms with Gasteiger partial charge in [0.1, 0.15) is 0 Å². The van der Waals surface area contributed by atoms with Gasteiger partial charge in [-0.05, 0) is 17.9 Å². The number of benzene rings is 1. The monoisotopic (exact) mass is 346 g/mol. The molecular formula is C19H26N2O4. The number of carboxylic acids is 1. The Morgan fingerprint density at radius 3 is 2.56 bits per heavy atom. The molecule has 1 heterocycles. The van der Waals surface area contributed by atoms with Gasteiger partial charge in [0.05, 0.1) is 11.8 Å². The lowest BCUT2D eigenvalue weighted by molar-refractivity contribution is -0.142. The van der Waals surface area contributed by atoms with Crippen molar-refractivity contribution in [2.75, 3.05) is 13.1 Å². The first-order chi connectivity index (χ1) is 11.9. The number of hydrogen-bond acceptors (Lipinski definition) is 3. The zero-order chi connectivity index (χ0) is 18.4. The fraction of sp³-hybridized carbons (Fsp3) is 0.526. The van der Waals surface area contributed by atoms with Crippen LogP contribution in [-0.2, 0) is 20.9 Å². The molecule has 6 nitrogen and oxygen atoms in total. The molecule has 0 aliphatic carbocycles. The molecule has 6 heteroatoms. The van der Waals surface area contributed by atoms with E-state index in [1.165, 1.54) is 0 Å². The maximum atomic E-state index is 12.3. The van der Waals surface area contributed by atoms with Crippen LogP contribution in [0.15, 0.2) is 30.3 Å². The fourth-order valence-corrected chi connectivity index (χ4v) is 3.11. The number of aliphatic carboxylic acids is 1. The molecule has 1 aromatic rings. The zero-order valence-corrected chi connectivity index (χ0v) is 14.8. The molecule has 25 heavy (non-hydrogen) atoms. The molecule has 2 rings (SSSR count). The smallest absolute Gasteiger partial charge is 0.308 e. The topological polar surface area (TPSA) is 86.7 Å². The molecule has 0 saturated carbocycles. The molecule has 1 aliphatic heterocycles. The van der Waals surface area contributed by atoms with Crippen molar-refractivity contribution >= 4 is 17.8 Å². The molecule has 0 spiro atoms. The summed E-state index contributed by atoms with van der Waals surface area (Å²) in [5, 5.41) is 12.0. The summed E-state index contributed by atoms with van der Waals surface area (Å²) < 4.78 is 0. The molecule has 2 atom stereocenters. The van der Waals surface area contributed by atoms with E-state index in [1.807, 2.05) is 44.2 Å². The molecule has 2 amide bonds. The normalized spacial score (nSPS) is 18.4. The number of carboxylic acid groups (broad SMARTS) is 1. The van der Waals surface area contributed by atoms with Crippen molar-refractivity contribution in [1.29, 1.82) is 0 Å². The first-order valence-corrected chi connectivity index (χ1v) is 8.69. The SMILES string of the molecule is CC(C)CC(CNC(=O)C1CC(=O)N(Cc2ccccc2)C1)C(=O)O. The van der Waals surface area contributed by atoms with Gasteiger partial charge in [-0.25, -0.2) is 0 Å². The lowest BCUT2D eigenvalue weighted by Crippen LogP contribution is -2.38. The molecule has 1 saturated heterocycles. The highest BCUT2D eigenvalue weighted by Gasteiger charge is 2.34. The number of carbonyl (C=O) groups excluding carboxylic acids is 2. The van der Waals surface area contributed by atoms with Crippen molar-refractivity contribution in [3.63, 3.8) is 0 Å². The highest BCUT2D eigenvalue weighted by atomic mass is 16.4. The summed E-state index contributed by atoms with van der Waals surface area (Å²) >= 11 is 0. The first kappa shape index (κ1) is 19.0. The Morgan fingerprint density at radius 2 is 1.96 bits per heavy atom. The Labute approximate surface area is 148 Å². The van der Waals surface area contributed by atoms with E-state index in [9.17, 15) is 19.5 Å². The van der Waals surface area contributed by atoms with E-state index in [4.69, 9.17) is 0 Å². The summed E-state index contributed by atoms with van der Waals surface area (Å²) in [5.41, 5.74) is 1.03. The minimum Gasteiger partial charge on any atom is -0.481 e. The Bertz CT molecular complexity index is 615. The summed E-state index contributed by atoms with van der Waals surface area (Å²) in [4.78, 5) is 37.4. The molecule has 2 N–H and O–H groups in total. The van der Waals surface area contributed by atoms with Crippen LogP contribution in [0.3, 0.4) is 0 Å². The summed E-state index contributed by atoms with van der Waals surface area (Å²) in [5.74, 6) is -1.94. The van der Waals surface area contributed by atoms with Crippen LogP contribution < -0.4 is 5.32 Å². The van der Waals surface area contributed by atoms with Crippen molar-refractivity contribution in [3.8, 4) is 0 Å². The molecule has 1 aliphatic rings. The van der Waals surface area contributed by atoms with Crippen LogP contribution in [-0.4, -0.2) is 40.9 Å². The average molecular weight is 346 g/mol. The number of hydrogen-bond donors (Lipinski definition) is 2. The number of rotatable bonds is 8. The minimum absolute atomic E-state index is 0.0408. The van der Waals surface area contributed by atoms with Gasteiger partial charge < -0.3 is 15.3 Å². The Kier molecular flexibility index (Phi) is 6.56. The van der Waals surface area contributed by atoms with Crippen LogP contribution in [0.25, 0.3) is 0 Å². The third-order valence-corrected chi connectivity index (χ3v) is 4.43. The van der Waals surface area contributed by atoms with Crippen LogP contribution in [0.1, 0.15) is 32.3 Å². The summed E-state index contributed by atoms with van der Waals surface area (Å²) in [6, 6.07) is 9.65. The standard InChI is InChI=1S/C19H26N2O4/c1-13(2)8-15(19(24)25)10-20-18(23)16-9-17(22)21(12-16)11-14-6-4-3-5-7-14/h3-7,13,15-16H,8-12H2,1-2H3,(H,20,23)(H,24,25). The number of likely N-dealkylation sites (tertiary alicyclic amines) is 1. The van der Waals surface area contributed by atoms with Crippen LogP contribution >= 0.6 is 0 Å². The Balaban J connectivity index is 1.86. The van der Waals surface area contributed by atoms with Crippen LogP contribution in [0.5, 0.6) is 0 Å². The van der Waals surface area contributed by atoms with Crippen molar-refractivity contribution in [2.24, 2.45) is 17.8 Å². The highest BCUT2D eigenvalue weighted by molar-refractivity contribution is 5.89. The van der Waals surface area contributed by atoms with Gasteiger partial charge in [0.15, 0.2) is 0 Å². The molecular weight excluding hydrogens is 320 g/mol. The molecule has 0 aromatic heterocycles. The van der Waals surface area contributed by atoms with Crippen molar-refractivity contribution in [2.45, 2.75) is 33.2 Å². The maximum Gasteiger partial charge on any atom is 0.308 e. The number of nitrogens with one attached hydrogen (secondary N) is 1. The number of carbonyl (C=O) groups is 3. The Morgan fingerprint density at radius 1 is 1.28 bits per heavy atom. The first-order valence-electron chi connectivity index (χ1n) is 8.69. The van der Waals surface area contributed by atoms with E-state index in [0.717, 1.165) is 5.56 Å². The van der Waals surface area contributed by atoms with E-state index in [0.29, 0.717) is 19.5 Å². The molecule has 0 bridgehead atoms. The van der Waals surface area contributed by atoms with Crippen LogP contribution in [0.4, 0.5) is 0 Å². The van der Waals surface area contributed by atoms with Gasteiger partial charge in [-0.15, -0.1) is 0 Å². The summed E-state index contributed by atoms with van der Waals surface area (Å²) in [6.07, 6.45) is 0.694. The van der Waals surface area contributed by atoms with Gasteiger partial charge in [0, 0.05) is 26.1 Å². The highest BCUT2D eigenvalue weighted by Crippen LogP contribution is 2.20. The minimum atomic E-state index is -0.901. The fourth-order valence-electron chi connectivity index (χ4n) is 3.11. The second-order valence-corrected chi connectivity index (χ2v) is 7.07. The molecule has 136 valence electrons. The zero-order valence-electron chi connectivity index (χ0n) is 14.8. The predicted molar refractivity (Wildman–Crippen MR) is 93.6 cm³/mol. The predicted octanol–water partition coefficient (Wildman–Crippen LogP) is 1.90. The van der Waals surface area contributed by atoms with Crippen molar-refractivity contribution in [1.82, 2.24) is 10.2 Å². The van der Waals surface area contributed by atoms with Gasteiger partial charge in [-0.1, -0.05) is 44.2 Å². The lowest BCUT2D eigenvalue weighted by Gasteiger charge is -2.18. The van der Waals surface area contributed by atoms with Crippen LogP contribution in [0.2, 0.25) is 0 Å². The third-order valence-electron chi connectivity index (χ3n) is 4.43. The second-order valence-electron chi connectivity index (χ2n) is 7.07. The quantitative estimate of drug-likeness (QED) is 0.753. The second kappa shape index (κ2) is 8.65. The summed E-state index contributed by atoms with van der Waals surface area (Å²) in [7, 11) is 0. The van der Waals surface area contributed by atoms with Gasteiger partial charge in [0.25, 0.3) is 0 Å². The molecule has 1 aromatic carbocycles. The maximum absolute atomic E-state index is 12.3. The lowest BCUT2D eigenvalue weighted by atomic mass is 9.97. The van der Waals surface area contributed by atoms with Crippen LogP contribution in [0, 0.1) is 17.8 Å². The van der Waals surface area contributed by atoms with E-state index in [-0.39, 0.29) is 30.7 Å². The van der Waals surface area contributed by atoms with Crippen molar-refractivity contribution in [3.05, 3.63) is 35.9 Å². The number of amides is 2. The van der Waals surface area contributed by atoms with Gasteiger partial charge in [0.2, 0.25) is 11.8 Å². The third kappa shape index (κ3) is 5.59. The molecule has 2 unspecified atom stereocenters. The number of nitrogens with zero attached hydrogens (tertiary/aromatic N) is 1.